The average Bonchev–Trinajstić information content (AvgIpc) is 2.52. The number of carbonyl (C=O) groups excluding carboxylic acids is 1. The zero-order valence-corrected chi connectivity index (χ0v) is 13.9. The molecule has 0 saturated heterocycles. The molecule has 0 aliphatic rings. The van der Waals surface area contributed by atoms with Crippen LogP contribution < -0.4 is 14.2 Å². The summed E-state index contributed by atoms with van der Waals surface area (Å²) in [4.78, 5) is 11.5. The number of methoxy groups -OCH3 is 2. The second kappa shape index (κ2) is 7.31. The average molecular weight is 398 g/mol. The number of rotatable bonds is 6. The highest BCUT2D eigenvalue weighted by atomic mass is 127. The van der Waals surface area contributed by atoms with Crippen molar-refractivity contribution in [2.24, 2.45) is 0 Å². The third-order valence-corrected chi connectivity index (χ3v) is 3.54. The van der Waals surface area contributed by atoms with Crippen molar-refractivity contribution in [3.8, 4) is 17.2 Å². The van der Waals surface area contributed by atoms with Gasteiger partial charge in [0.15, 0.2) is 11.5 Å². The quantitative estimate of drug-likeness (QED) is 0.548. The molecule has 2 aromatic rings. The van der Waals surface area contributed by atoms with Crippen molar-refractivity contribution in [2.75, 3.05) is 14.2 Å². The number of halogens is 1. The SMILES string of the molecule is COc1cc(C(=O)I)cc(OC)c1OCc1ccccc1. The van der Waals surface area contributed by atoms with E-state index in [4.69, 9.17) is 14.2 Å². The van der Waals surface area contributed by atoms with Gasteiger partial charge in [0.25, 0.3) is 0 Å². The highest BCUT2D eigenvalue weighted by Gasteiger charge is 2.16. The molecule has 0 aliphatic heterocycles. The maximum Gasteiger partial charge on any atom is 0.222 e. The lowest BCUT2D eigenvalue weighted by atomic mass is 10.2. The van der Waals surface area contributed by atoms with E-state index < -0.39 is 0 Å². The lowest BCUT2D eigenvalue weighted by Crippen LogP contribution is -2.02. The number of ether oxygens (including phenoxy) is 3. The third kappa shape index (κ3) is 3.87. The molecule has 0 fully saturated rings. The number of hydrogen-bond donors (Lipinski definition) is 0. The first-order chi connectivity index (χ1) is 10.2. The number of benzene rings is 2. The molecule has 0 saturated carbocycles. The van der Waals surface area contributed by atoms with Gasteiger partial charge in [0.2, 0.25) is 9.54 Å². The molecule has 0 radical (unpaired) electrons. The summed E-state index contributed by atoms with van der Waals surface area (Å²) >= 11 is 1.73. The van der Waals surface area contributed by atoms with Crippen molar-refractivity contribution in [2.45, 2.75) is 6.61 Å². The maximum atomic E-state index is 11.5. The predicted octanol–water partition coefficient (Wildman–Crippen LogP) is 3.86. The second-order valence-electron chi connectivity index (χ2n) is 4.26. The van der Waals surface area contributed by atoms with Gasteiger partial charge in [-0.15, -0.1) is 0 Å². The molecule has 0 bridgehead atoms. The van der Waals surface area contributed by atoms with Crippen LogP contribution in [-0.4, -0.2) is 18.0 Å². The first-order valence-corrected chi connectivity index (χ1v) is 7.36. The van der Waals surface area contributed by atoms with Gasteiger partial charge in [0.05, 0.1) is 14.2 Å². The van der Waals surface area contributed by atoms with Crippen molar-refractivity contribution < 1.29 is 19.0 Å². The summed E-state index contributed by atoms with van der Waals surface area (Å²) in [5.74, 6) is 1.45. The molecule has 0 heterocycles. The van der Waals surface area contributed by atoms with Gasteiger partial charge in [-0.3, -0.25) is 4.79 Å². The summed E-state index contributed by atoms with van der Waals surface area (Å²) in [6.07, 6.45) is 0. The largest absolute Gasteiger partial charge is 0.493 e. The summed E-state index contributed by atoms with van der Waals surface area (Å²) in [6, 6.07) is 13.1. The van der Waals surface area contributed by atoms with E-state index in [0.29, 0.717) is 29.4 Å². The molecular weight excluding hydrogens is 383 g/mol. The standard InChI is InChI=1S/C16H15IO4/c1-19-13-8-12(16(17)18)9-14(20-2)15(13)21-10-11-6-4-3-5-7-11/h3-9H,10H2,1-2H3. The molecule has 0 aromatic heterocycles. The van der Waals surface area contributed by atoms with Gasteiger partial charge in [0.1, 0.15) is 6.61 Å². The van der Waals surface area contributed by atoms with Crippen LogP contribution in [0.25, 0.3) is 0 Å². The van der Waals surface area contributed by atoms with Crippen LogP contribution in [0.5, 0.6) is 17.2 Å². The normalized spacial score (nSPS) is 10.0. The zero-order chi connectivity index (χ0) is 15.2. The van der Waals surface area contributed by atoms with Gasteiger partial charge in [-0.1, -0.05) is 30.3 Å². The molecule has 5 heteroatoms. The fourth-order valence-electron chi connectivity index (χ4n) is 1.87. The highest BCUT2D eigenvalue weighted by molar-refractivity contribution is 14.1. The number of carbonyl (C=O) groups is 1. The molecule has 2 rings (SSSR count). The molecule has 0 amide bonds. The Hall–Kier alpha value is -1.76. The Labute approximate surface area is 137 Å². The van der Waals surface area contributed by atoms with E-state index in [1.54, 1.807) is 34.7 Å². The van der Waals surface area contributed by atoms with E-state index >= 15 is 0 Å². The fraction of sp³-hybridized carbons (Fsp3) is 0.188. The molecule has 0 atom stereocenters. The maximum absolute atomic E-state index is 11.5. The van der Waals surface area contributed by atoms with Crippen molar-refractivity contribution in [1.29, 1.82) is 0 Å². The Kier molecular flexibility index (Phi) is 5.44. The summed E-state index contributed by atoms with van der Waals surface area (Å²) < 4.78 is 16.3. The first-order valence-electron chi connectivity index (χ1n) is 6.28. The van der Waals surface area contributed by atoms with Crippen LogP contribution >= 0.6 is 22.6 Å². The Morgan fingerprint density at radius 1 is 1.05 bits per heavy atom. The van der Waals surface area contributed by atoms with E-state index in [1.807, 2.05) is 30.3 Å². The second-order valence-corrected chi connectivity index (χ2v) is 5.24. The van der Waals surface area contributed by atoms with Crippen molar-refractivity contribution >= 4 is 26.4 Å². The molecule has 0 unspecified atom stereocenters. The van der Waals surface area contributed by atoms with E-state index in [0.717, 1.165) is 5.56 Å². The van der Waals surface area contributed by atoms with Crippen LogP contribution in [0.2, 0.25) is 0 Å². The van der Waals surface area contributed by atoms with Crippen LogP contribution in [0.15, 0.2) is 42.5 Å². The summed E-state index contributed by atoms with van der Waals surface area (Å²) in [5, 5.41) is 0. The van der Waals surface area contributed by atoms with E-state index in [2.05, 4.69) is 0 Å². The van der Waals surface area contributed by atoms with E-state index in [9.17, 15) is 4.79 Å². The molecule has 21 heavy (non-hydrogen) atoms. The van der Waals surface area contributed by atoms with Crippen molar-refractivity contribution in [3.05, 3.63) is 53.6 Å². The Morgan fingerprint density at radius 3 is 2.10 bits per heavy atom. The topological polar surface area (TPSA) is 44.8 Å². The monoisotopic (exact) mass is 398 g/mol. The Bertz CT molecular complexity index is 600. The van der Waals surface area contributed by atoms with Crippen LogP contribution in [0, 0.1) is 0 Å². The Morgan fingerprint density at radius 2 is 1.62 bits per heavy atom. The van der Waals surface area contributed by atoms with Gasteiger partial charge < -0.3 is 14.2 Å². The van der Waals surface area contributed by atoms with Crippen LogP contribution in [0.1, 0.15) is 15.9 Å². The van der Waals surface area contributed by atoms with Crippen molar-refractivity contribution in [3.63, 3.8) is 0 Å². The van der Waals surface area contributed by atoms with Gasteiger partial charge in [-0.25, -0.2) is 0 Å². The molecule has 0 spiro atoms. The summed E-state index contributed by atoms with van der Waals surface area (Å²) in [7, 11) is 3.07. The van der Waals surface area contributed by atoms with E-state index in [1.165, 1.54) is 14.2 Å². The van der Waals surface area contributed by atoms with Crippen LogP contribution in [0.4, 0.5) is 0 Å². The molecule has 4 nitrogen and oxygen atoms in total. The van der Waals surface area contributed by atoms with E-state index in [-0.39, 0.29) is 3.79 Å². The highest BCUT2D eigenvalue weighted by Crippen LogP contribution is 2.39. The molecule has 0 N–H and O–H groups in total. The van der Waals surface area contributed by atoms with Gasteiger partial charge in [-0.2, -0.15) is 0 Å². The lowest BCUT2D eigenvalue weighted by molar-refractivity contribution is 0.110. The Balaban J connectivity index is 2.31. The minimum absolute atomic E-state index is 0.0844. The summed E-state index contributed by atoms with van der Waals surface area (Å²) in [6.45, 7) is 0.394. The molecule has 110 valence electrons. The van der Waals surface area contributed by atoms with Gasteiger partial charge >= 0.3 is 0 Å². The van der Waals surface area contributed by atoms with Crippen LogP contribution in [0.3, 0.4) is 0 Å². The first kappa shape index (κ1) is 15.6. The van der Waals surface area contributed by atoms with Gasteiger partial charge in [-0.05, 0) is 17.7 Å². The minimum atomic E-state index is -0.0844. The molecule has 0 aliphatic carbocycles. The third-order valence-electron chi connectivity index (χ3n) is 2.91. The molecular formula is C16H15IO4. The molecule has 2 aromatic carbocycles. The summed E-state index contributed by atoms with van der Waals surface area (Å²) in [5.41, 5.74) is 1.55. The minimum Gasteiger partial charge on any atom is -0.493 e. The number of hydrogen-bond acceptors (Lipinski definition) is 4. The fourth-order valence-corrected chi connectivity index (χ4v) is 2.18. The smallest absolute Gasteiger partial charge is 0.222 e. The van der Waals surface area contributed by atoms with Crippen LogP contribution in [-0.2, 0) is 6.61 Å². The lowest BCUT2D eigenvalue weighted by Gasteiger charge is -2.15. The predicted molar refractivity (Wildman–Crippen MR) is 88.7 cm³/mol. The van der Waals surface area contributed by atoms with Crippen molar-refractivity contribution in [1.82, 2.24) is 0 Å². The van der Waals surface area contributed by atoms with Gasteiger partial charge in [0, 0.05) is 28.2 Å². The zero-order valence-electron chi connectivity index (χ0n) is 11.8.